The minimum atomic E-state index is -0.992. The average molecular weight is 457 g/mol. The van der Waals surface area contributed by atoms with E-state index in [0.29, 0.717) is 16.9 Å². The number of rotatable bonds is 7. The fourth-order valence-corrected chi connectivity index (χ4v) is 3.99. The molecule has 1 saturated heterocycles. The third-order valence-electron chi connectivity index (χ3n) is 5.84. The van der Waals surface area contributed by atoms with Crippen molar-refractivity contribution < 1.29 is 14.6 Å². The highest BCUT2D eigenvalue weighted by molar-refractivity contribution is 6.15. The quantitative estimate of drug-likeness (QED) is 0.316. The van der Waals surface area contributed by atoms with E-state index in [9.17, 15) is 9.90 Å². The first-order chi connectivity index (χ1) is 16.4. The minimum Gasteiger partial charge on any atom is -0.478 e. The van der Waals surface area contributed by atoms with Gasteiger partial charge in [0.1, 0.15) is 0 Å². The van der Waals surface area contributed by atoms with Crippen molar-refractivity contribution in [2.24, 2.45) is 5.73 Å². The summed E-state index contributed by atoms with van der Waals surface area (Å²) in [4.78, 5) is 13.7. The van der Waals surface area contributed by atoms with Crippen LogP contribution >= 0.6 is 0 Å². The van der Waals surface area contributed by atoms with Crippen molar-refractivity contribution in [1.29, 1.82) is 5.41 Å². The highest BCUT2D eigenvalue weighted by Gasteiger charge is 2.13. The molecule has 1 aliphatic heterocycles. The van der Waals surface area contributed by atoms with Crippen molar-refractivity contribution in [1.82, 2.24) is 4.90 Å². The first-order valence-corrected chi connectivity index (χ1v) is 11.1. The number of carboxylic acids is 1. The summed E-state index contributed by atoms with van der Waals surface area (Å²) in [5.74, 6) is -0.992. The second kappa shape index (κ2) is 10.3. The molecular formula is C27H28N4O3. The van der Waals surface area contributed by atoms with Crippen molar-refractivity contribution >= 4 is 23.4 Å². The molecule has 0 atom stereocenters. The number of carbonyl (C=O) groups is 1. The van der Waals surface area contributed by atoms with Gasteiger partial charge in [0.2, 0.25) is 0 Å². The standard InChI is InChI=1S/C27H28N4O3/c28-24-8-7-21(20-5-2-6-22(15-20)27(32)33)16-23(24)26(30)25(29)14-18-3-1-4-19(13-18)17-31-9-11-34-12-10-31/h1-8,13-16,30H,9-12,17,28-29H2,(H,32,33)/b25-14-,30-26?. The summed E-state index contributed by atoms with van der Waals surface area (Å²) in [6, 6.07) is 20.1. The Morgan fingerprint density at radius 2 is 1.76 bits per heavy atom. The average Bonchev–Trinajstić information content (AvgIpc) is 2.85. The van der Waals surface area contributed by atoms with Crippen LogP contribution in [-0.4, -0.2) is 48.0 Å². The van der Waals surface area contributed by atoms with Gasteiger partial charge in [0.05, 0.1) is 30.2 Å². The number of nitrogen functional groups attached to an aromatic ring is 1. The number of ether oxygens (including phenoxy) is 1. The predicted octanol–water partition coefficient (Wildman–Crippen LogP) is 3.83. The number of nitrogens with two attached hydrogens (primary N) is 2. The molecule has 1 fully saturated rings. The van der Waals surface area contributed by atoms with Crippen LogP contribution < -0.4 is 11.5 Å². The third kappa shape index (κ3) is 5.51. The van der Waals surface area contributed by atoms with Crippen molar-refractivity contribution in [3.8, 4) is 11.1 Å². The topological polar surface area (TPSA) is 126 Å². The van der Waals surface area contributed by atoms with Gasteiger partial charge in [-0.05, 0) is 52.6 Å². The van der Waals surface area contributed by atoms with Gasteiger partial charge < -0.3 is 21.3 Å². The summed E-state index contributed by atoms with van der Waals surface area (Å²) in [5, 5.41) is 17.9. The third-order valence-corrected chi connectivity index (χ3v) is 5.84. The van der Waals surface area contributed by atoms with Crippen molar-refractivity contribution in [2.75, 3.05) is 32.0 Å². The Balaban J connectivity index is 1.57. The zero-order valence-electron chi connectivity index (χ0n) is 18.8. The molecule has 1 aliphatic rings. The van der Waals surface area contributed by atoms with E-state index in [4.69, 9.17) is 21.6 Å². The fourth-order valence-electron chi connectivity index (χ4n) is 3.99. The van der Waals surface area contributed by atoms with Crippen LogP contribution in [0.2, 0.25) is 0 Å². The van der Waals surface area contributed by atoms with Gasteiger partial charge in [0, 0.05) is 30.9 Å². The maximum Gasteiger partial charge on any atom is 0.335 e. The molecule has 0 spiro atoms. The fraction of sp³-hybridized carbons (Fsp3) is 0.185. The minimum absolute atomic E-state index is 0.118. The summed E-state index contributed by atoms with van der Waals surface area (Å²) < 4.78 is 5.42. The molecule has 0 radical (unpaired) electrons. The van der Waals surface area contributed by atoms with Crippen LogP contribution in [0.3, 0.4) is 0 Å². The van der Waals surface area contributed by atoms with Gasteiger partial charge >= 0.3 is 5.97 Å². The number of anilines is 1. The van der Waals surface area contributed by atoms with Crippen LogP contribution in [0.25, 0.3) is 17.2 Å². The molecule has 0 unspecified atom stereocenters. The molecule has 6 N–H and O–H groups in total. The van der Waals surface area contributed by atoms with E-state index in [1.165, 1.54) is 5.56 Å². The van der Waals surface area contributed by atoms with Crippen LogP contribution in [-0.2, 0) is 11.3 Å². The highest BCUT2D eigenvalue weighted by Crippen LogP contribution is 2.26. The second-order valence-electron chi connectivity index (χ2n) is 8.30. The number of allylic oxidation sites excluding steroid dienone is 1. The van der Waals surface area contributed by atoms with Gasteiger partial charge in [-0.2, -0.15) is 0 Å². The summed E-state index contributed by atoms with van der Waals surface area (Å²) in [6.45, 7) is 4.18. The number of nitrogens with one attached hydrogen (secondary N) is 1. The highest BCUT2D eigenvalue weighted by atomic mass is 16.5. The van der Waals surface area contributed by atoms with Gasteiger partial charge in [-0.1, -0.05) is 42.5 Å². The lowest BCUT2D eigenvalue weighted by Gasteiger charge is -2.26. The normalized spacial score (nSPS) is 14.6. The molecular weight excluding hydrogens is 428 g/mol. The summed E-state index contributed by atoms with van der Waals surface area (Å²) in [6.07, 6.45) is 1.78. The summed E-state index contributed by atoms with van der Waals surface area (Å²) in [7, 11) is 0. The molecule has 3 aromatic carbocycles. The summed E-state index contributed by atoms with van der Waals surface area (Å²) >= 11 is 0. The SMILES string of the molecule is N=C(/C(N)=C/c1cccc(CN2CCOCC2)c1)c1cc(-c2cccc(C(=O)O)c2)ccc1N. The van der Waals surface area contributed by atoms with Gasteiger partial charge in [0.25, 0.3) is 0 Å². The largest absolute Gasteiger partial charge is 0.478 e. The summed E-state index contributed by atoms with van der Waals surface area (Å²) in [5.41, 5.74) is 17.6. The number of benzene rings is 3. The number of carboxylic acid groups (broad SMARTS) is 1. The van der Waals surface area contributed by atoms with Crippen molar-refractivity contribution in [3.05, 3.63) is 94.7 Å². The number of hydrogen-bond donors (Lipinski definition) is 4. The molecule has 0 saturated carbocycles. The van der Waals surface area contributed by atoms with E-state index in [2.05, 4.69) is 17.0 Å². The lowest BCUT2D eigenvalue weighted by atomic mass is 9.96. The molecule has 174 valence electrons. The van der Waals surface area contributed by atoms with Crippen molar-refractivity contribution in [2.45, 2.75) is 6.54 Å². The number of morpholine rings is 1. The molecule has 7 nitrogen and oxygen atoms in total. The van der Waals surface area contributed by atoms with Crippen LogP contribution in [0.1, 0.15) is 27.0 Å². The van der Waals surface area contributed by atoms with E-state index < -0.39 is 5.97 Å². The Bertz CT molecular complexity index is 1250. The van der Waals surface area contributed by atoms with Crippen LogP contribution in [0.5, 0.6) is 0 Å². The molecule has 0 aliphatic carbocycles. The van der Waals surface area contributed by atoms with E-state index in [0.717, 1.165) is 49.5 Å². The van der Waals surface area contributed by atoms with Crippen molar-refractivity contribution in [3.63, 3.8) is 0 Å². The van der Waals surface area contributed by atoms with Gasteiger partial charge in [-0.25, -0.2) is 4.79 Å². The molecule has 7 heteroatoms. The molecule has 1 heterocycles. The van der Waals surface area contributed by atoms with Crippen LogP contribution in [0, 0.1) is 5.41 Å². The van der Waals surface area contributed by atoms with Crippen LogP contribution in [0.4, 0.5) is 5.69 Å². The predicted molar refractivity (Wildman–Crippen MR) is 135 cm³/mol. The first-order valence-electron chi connectivity index (χ1n) is 11.1. The monoisotopic (exact) mass is 456 g/mol. The molecule has 34 heavy (non-hydrogen) atoms. The number of aromatic carboxylic acids is 1. The molecule has 0 amide bonds. The Morgan fingerprint density at radius 3 is 2.53 bits per heavy atom. The van der Waals surface area contributed by atoms with E-state index >= 15 is 0 Å². The van der Waals surface area contributed by atoms with E-state index in [1.54, 1.807) is 36.4 Å². The Morgan fingerprint density at radius 1 is 1.03 bits per heavy atom. The zero-order chi connectivity index (χ0) is 24.1. The Labute approximate surface area is 198 Å². The maximum absolute atomic E-state index is 11.3. The lowest BCUT2D eigenvalue weighted by molar-refractivity contribution is 0.0342. The Hall–Kier alpha value is -3.94. The number of hydrogen-bond acceptors (Lipinski definition) is 6. The maximum atomic E-state index is 11.3. The molecule has 0 aromatic heterocycles. The Kier molecular flexibility index (Phi) is 7.06. The molecule has 0 bridgehead atoms. The lowest BCUT2D eigenvalue weighted by Crippen LogP contribution is -2.35. The number of nitrogens with zero attached hydrogens (tertiary/aromatic N) is 1. The second-order valence-corrected chi connectivity index (χ2v) is 8.30. The molecule has 4 rings (SSSR count). The van der Waals surface area contributed by atoms with E-state index in [1.807, 2.05) is 24.3 Å². The van der Waals surface area contributed by atoms with Gasteiger partial charge in [0.15, 0.2) is 0 Å². The zero-order valence-corrected chi connectivity index (χ0v) is 18.8. The van der Waals surface area contributed by atoms with Gasteiger partial charge in [-0.15, -0.1) is 0 Å². The first kappa shape index (κ1) is 23.2. The smallest absolute Gasteiger partial charge is 0.335 e. The van der Waals surface area contributed by atoms with E-state index in [-0.39, 0.29) is 11.3 Å². The molecule has 3 aromatic rings. The van der Waals surface area contributed by atoms with Crippen LogP contribution in [0.15, 0.2) is 72.4 Å². The van der Waals surface area contributed by atoms with Gasteiger partial charge in [-0.3, -0.25) is 10.3 Å².